The first-order valence-electron chi connectivity index (χ1n) is 21.2. The Morgan fingerprint density at radius 1 is 0.932 bits per heavy atom. The lowest BCUT2D eigenvalue weighted by molar-refractivity contribution is -0.302. The van der Waals surface area contributed by atoms with E-state index in [4.69, 9.17) is 28.4 Å². The summed E-state index contributed by atoms with van der Waals surface area (Å²) in [5.41, 5.74) is 1.53. The number of aliphatic hydroxyl groups is 3. The number of Topliss-reactive ketones (excluding diaryl/α,β-unsaturated/α-hetero) is 2. The van der Waals surface area contributed by atoms with Gasteiger partial charge in [0.2, 0.25) is 5.79 Å². The highest BCUT2D eigenvalue weighted by Crippen LogP contribution is 2.38. The Labute approximate surface area is 349 Å². The van der Waals surface area contributed by atoms with E-state index in [1.165, 1.54) is 28.4 Å². The van der Waals surface area contributed by atoms with Gasteiger partial charge in [-0.3, -0.25) is 19.2 Å². The first-order chi connectivity index (χ1) is 27.8. The number of aliphatic hydroxyl groups excluding tert-OH is 2. The van der Waals surface area contributed by atoms with E-state index in [0.29, 0.717) is 44.1 Å². The van der Waals surface area contributed by atoms with Crippen molar-refractivity contribution in [2.75, 3.05) is 28.4 Å². The Balaban J connectivity index is 2.13. The van der Waals surface area contributed by atoms with Crippen LogP contribution in [-0.2, 0) is 52.4 Å². The molecule has 0 spiro atoms. The molecule has 4 N–H and O–H groups in total. The van der Waals surface area contributed by atoms with Crippen LogP contribution in [0.3, 0.4) is 0 Å². The van der Waals surface area contributed by atoms with E-state index in [0.717, 1.165) is 5.57 Å². The number of cyclic esters (lactones) is 1. The van der Waals surface area contributed by atoms with Crippen molar-refractivity contribution >= 4 is 29.4 Å². The van der Waals surface area contributed by atoms with Gasteiger partial charge in [0.25, 0.3) is 11.7 Å². The smallest absolute Gasteiger partial charge is 0.329 e. The molecule has 1 amide bonds. The van der Waals surface area contributed by atoms with Gasteiger partial charge in [-0.25, -0.2) is 4.79 Å². The molecule has 15 heteroatoms. The highest BCUT2D eigenvalue weighted by Gasteiger charge is 2.55. The van der Waals surface area contributed by atoms with Crippen LogP contribution < -0.4 is 5.32 Å². The third kappa shape index (κ3) is 13.5. The lowest BCUT2D eigenvalue weighted by atomic mass is 9.81. The second-order valence-corrected chi connectivity index (χ2v) is 17.1. The number of allylic oxidation sites excluding steroid dienone is 3. The van der Waals surface area contributed by atoms with Crippen LogP contribution in [0.2, 0.25) is 0 Å². The molecule has 336 valence electrons. The largest absolute Gasteiger partial charge is 0.469 e. The topological polar surface area (TPSA) is 213 Å². The van der Waals surface area contributed by atoms with E-state index in [1.807, 2.05) is 32.9 Å². The number of ketones is 2. The summed E-state index contributed by atoms with van der Waals surface area (Å²) in [5.74, 6) is -9.20. The van der Waals surface area contributed by atoms with E-state index in [1.54, 1.807) is 20.8 Å². The van der Waals surface area contributed by atoms with Crippen molar-refractivity contribution in [3.63, 3.8) is 0 Å². The molecule has 1 saturated carbocycles. The fourth-order valence-corrected chi connectivity index (χ4v) is 8.88. The molecular formula is C44H71NO14. The van der Waals surface area contributed by atoms with Crippen LogP contribution >= 0.6 is 0 Å². The molecule has 2 aliphatic heterocycles. The first-order valence-corrected chi connectivity index (χ1v) is 21.2. The molecule has 3 rings (SSSR count). The average Bonchev–Trinajstić information content (AvgIpc) is 3.20. The molecule has 0 unspecified atom stereocenters. The minimum Gasteiger partial charge on any atom is -0.469 e. The van der Waals surface area contributed by atoms with Crippen LogP contribution in [0.15, 0.2) is 23.3 Å². The molecular weight excluding hydrogens is 766 g/mol. The number of fused-ring (bicyclic) bond motifs is 2. The molecule has 2 fully saturated rings. The zero-order valence-corrected chi connectivity index (χ0v) is 36.8. The maximum absolute atomic E-state index is 14.3. The fraction of sp³-hybridized carbons (Fsp3) is 0.795. The number of hydrogen-bond acceptors (Lipinski definition) is 14. The van der Waals surface area contributed by atoms with Gasteiger partial charge in [0.05, 0.1) is 37.6 Å². The Kier molecular flexibility index (Phi) is 19.8. The van der Waals surface area contributed by atoms with Gasteiger partial charge in [-0.2, -0.15) is 0 Å². The summed E-state index contributed by atoms with van der Waals surface area (Å²) in [5, 5.41) is 36.4. The predicted octanol–water partition coefficient (Wildman–Crippen LogP) is 3.92. The van der Waals surface area contributed by atoms with Gasteiger partial charge < -0.3 is 49.1 Å². The molecule has 0 radical (unpaired) electrons. The Morgan fingerprint density at radius 2 is 1.58 bits per heavy atom. The zero-order valence-electron chi connectivity index (χ0n) is 36.8. The van der Waals surface area contributed by atoms with E-state index in [-0.39, 0.29) is 49.7 Å². The monoisotopic (exact) mass is 837 g/mol. The van der Waals surface area contributed by atoms with Crippen LogP contribution in [0.25, 0.3) is 0 Å². The number of rotatable bonds is 10. The van der Waals surface area contributed by atoms with E-state index >= 15 is 0 Å². The Hall–Kier alpha value is -3.05. The second-order valence-electron chi connectivity index (χ2n) is 17.1. The minimum absolute atomic E-state index is 0.00731. The molecule has 0 aromatic carbocycles. The maximum Gasteiger partial charge on any atom is 0.329 e. The van der Waals surface area contributed by atoms with Crippen molar-refractivity contribution in [3.05, 3.63) is 23.3 Å². The number of carbonyl (C=O) groups excluding carboxylic acids is 5. The number of carbonyl (C=O) groups is 5. The normalized spacial score (nSPS) is 38.6. The molecule has 3 aliphatic rings. The average molecular weight is 838 g/mol. The number of methoxy groups -OCH3 is 4. The third-order valence-corrected chi connectivity index (χ3v) is 12.6. The van der Waals surface area contributed by atoms with Gasteiger partial charge in [-0.15, -0.1) is 0 Å². The summed E-state index contributed by atoms with van der Waals surface area (Å²) < 4.78 is 34.2. The summed E-state index contributed by atoms with van der Waals surface area (Å²) in [6.07, 6.45) is 1.16. The van der Waals surface area contributed by atoms with Crippen LogP contribution in [0.4, 0.5) is 0 Å². The van der Waals surface area contributed by atoms with E-state index < -0.39 is 95.9 Å². The third-order valence-electron chi connectivity index (χ3n) is 12.6. The highest BCUT2D eigenvalue weighted by atomic mass is 16.7. The highest BCUT2D eigenvalue weighted by molar-refractivity contribution is 6.39. The summed E-state index contributed by atoms with van der Waals surface area (Å²) >= 11 is 0. The van der Waals surface area contributed by atoms with Gasteiger partial charge in [0, 0.05) is 51.9 Å². The molecule has 1 aliphatic carbocycles. The molecule has 0 aromatic heterocycles. The van der Waals surface area contributed by atoms with Crippen molar-refractivity contribution in [1.82, 2.24) is 5.32 Å². The molecule has 2 heterocycles. The lowest BCUT2D eigenvalue weighted by Gasteiger charge is -2.46. The summed E-state index contributed by atoms with van der Waals surface area (Å²) in [6.45, 7) is 10.9. The van der Waals surface area contributed by atoms with Gasteiger partial charge in [0.1, 0.15) is 24.0 Å². The number of amides is 1. The quantitative estimate of drug-likeness (QED) is 0.140. The van der Waals surface area contributed by atoms with Crippen LogP contribution in [-0.4, -0.2) is 128 Å². The van der Waals surface area contributed by atoms with Crippen molar-refractivity contribution in [1.29, 1.82) is 0 Å². The van der Waals surface area contributed by atoms with E-state index in [9.17, 15) is 39.3 Å². The maximum atomic E-state index is 14.3. The van der Waals surface area contributed by atoms with Gasteiger partial charge in [-0.1, -0.05) is 45.4 Å². The molecule has 2 bridgehead atoms. The number of esters is 2. The van der Waals surface area contributed by atoms with Crippen LogP contribution in [0, 0.1) is 29.6 Å². The summed E-state index contributed by atoms with van der Waals surface area (Å²) in [7, 11) is 5.74. The zero-order chi connectivity index (χ0) is 44.2. The van der Waals surface area contributed by atoms with Gasteiger partial charge in [-0.05, 0) is 89.0 Å². The Morgan fingerprint density at radius 3 is 2.19 bits per heavy atom. The molecule has 1 saturated heterocycles. The lowest BCUT2D eigenvalue weighted by Crippen LogP contribution is -2.63. The SMILES string of the molecule is CC[C@@H]1/C=C(\C)C[C@H](C)C[C@H](OC)[C@H]2O[C@@](O)(C(=O)C(=O)N[C@@H](CCCC(=O)OC)C(=O)O[C@H](/C(C)=C/[C@@H]3CC[C@@H](O)[C@H](OC)C3)[C@H](C)[C@@H](O)CC1=O)[C@H](C)C[C@@H]2OC. The number of nitrogens with one attached hydrogen (secondary N) is 1. The fourth-order valence-electron chi connectivity index (χ4n) is 8.88. The molecule has 15 nitrogen and oxygen atoms in total. The van der Waals surface area contributed by atoms with Crippen molar-refractivity contribution in [2.24, 2.45) is 29.6 Å². The van der Waals surface area contributed by atoms with Crippen LogP contribution in [0.5, 0.6) is 0 Å². The van der Waals surface area contributed by atoms with Gasteiger partial charge in [0.15, 0.2) is 0 Å². The second kappa shape index (κ2) is 23.2. The van der Waals surface area contributed by atoms with Gasteiger partial charge >= 0.3 is 11.9 Å². The number of ether oxygens (including phenoxy) is 6. The van der Waals surface area contributed by atoms with Crippen molar-refractivity contribution in [2.45, 2.75) is 167 Å². The first kappa shape index (κ1) is 50.3. The standard InChI is InChI=1S/C44H71NO14/c1-11-30-18-24(2)17-25(3)19-36(55-8)40-37(56-9)21-27(5)44(53,59-40)41(50)42(51)45-31(13-12-14-38(49)57-10)43(52)58-39(28(6)33(47)23-34(30)48)26(4)20-29-15-16-32(46)35(22-29)54-7/h18,20,25,27-33,35-37,39-40,46-47,53H,11-17,19,21-23H2,1-10H3,(H,45,51)/b24-18+,26-20+/t25-,27+,28+,29-,30+,31-,32+,33-,35+,36-,37-,39+,40+,44+/m0/s1. The predicted molar refractivity (Wildman–Crippen MR) is 217 cm³/mol. The summed E-state index contributed by atoms with van der Waals surface area (Å²) in [6, 6.07) is -1.48. The van der Waals surface area contributed by atoms with Crippen molar-refractivity contribution < 1.29 is 67.7 Å². The van der Waals surface area contributed by atoms with E-state index in [2.05, 4.69) is 5.32 Å². The van der Waals surface area contributed by atoms with Crippen molar-refractivity contribution in [3.8, 4) is 0 Å². The molecule has 59 heavy (non-hydrogen) atoms. The minimum atomic E-state index is -2.61. The summed E-state index contributed by atoms with van der Waals surface area (Å²) in [4.78, 5) is 68.0. The molecule has 14 atom stereocenters. The molecule has 0 aromatic rings. The Bertz CT molecular complexity index is 1500. The van der Waals surface area contributed by atoms with Crippen LogP contribution in [0.1, 0.15) is 112 Å². The number of hydrogen-bond donors (Lipinski definition) is 4.